The van der Waals surface area contributed by atoms with Gasteiger partial charge in [-0.05, 0) is 32.4 Å². The zero-order valence-corrected chi connectivity index (χ0v) is 17.1. The van der Waals surface area contributed by atoms with Gasteiger partial charge >= 0.3 is 0 Å². The molecule has 3 N–H and O–H groups in total. The van der Waals surface area contributed by atoms with Gasteiger partial charge in [0.25, 0.3) is 0 Å². The molecule has 8 nitrogen and oxygen atoms in total. The van der Waals surface area contributed by atoms with Crippen molar-refractivity contribution in [2.75, 3.05) is 29.0 Å². The number of nitrogens with one attached hydrogen (secondary N) is 1. The van der Waals surface area contributed by atoms with Crippen LogP contribution in [0.2, 0.25) is 0 Å². The van der Waals surface area contributed by atoms with Crippen molar-refractivity contribution in [1.29, 1.82) is 0 Å². The molecule has 0 unspecified atom stereocenters. The van der Waals surface area contributed by atoms with Gasteiger partial charge in [0.15, 0.2) is 23.3 Å². The van der Waals surface area contributed by atoms with Crippen molar-refractivity contribution < 1.29 is 9.13 Å². The molecule has 3 heterocycles. The minimum Gasteiger partial charge on any atom is -0.382 e. The first-order valence-corrected chi connectivity index (χ1v) is 9.79. The third-order valence-corrected chi connectivity index (χ3v) is 4.87. The lowest BCUT2D eigenvalue weighted by Gasteiger charge is -2.35. The summed E-state index contributed by atoms with van der Waals surface area (Å²) in [5.74, 6) is 0.518. The maximum atomic E-state index is 14.4. The summed E-state index contributed by atoms with van der Waals surface area (Å²) < 4.78 is 20.2. The first kappa shape index (κ1) is 20.0. The first-order valence-electron chi connectivity index (χ1n) is 9.79. The molecule has 0 aliphatic carbocycles. The summed E-state index contributed by atoms with van der Waals surface area (Å²) in [6.07, 6.45) is 1.24. The largest absolute Gasteiger partial charge is 0.382 e. The molecule has 1 aromatic carbocycles. The normalized spacial score (nSPS) is 19.0. The predicted octanol–water partition coefficient (Wildman–Crippen LogP) is 3.32. The minimum absolute atomic E-state index is 0.0284. The average Bonchev–Trinajstić information content (AvgIpc) is 2.71. The molecule has 1 aliphatic rings. The Hall–Kier alpha value is -3.33. The molecule has 4 rings (SSSR count). The smallest absolute Gasteiger partial charge is 0.227 e. The molecular formula is C21H24FN7O. The van der Waals surface area contributed by atoms with Crippen LogP contribution in [0.1, 0.15) is 19.4 Å². The van der Waals surface area contributed by atoms with Crippen LogP contribution in [0.5, 0.6) is 0 Å². The third-order valence-electron chi connectivity index (χ3n) is 4.87. The molecule has 0 saturated carbocycles. The zero-order valence-electron chi connectivity index (χ0n) is 17.1. The van der Waals surface area contributed by atoms with E-state index in [-0.39, 0.29) is 18.0 Å². The van der Waals surface area contributed by atoms with Crippen LogP contribution in [0.3, 0.4) is 0 Å². The lowest BCUT2D eigenvalue weighted by atomic mass is 10.1. The van der Waals surface area contributed by atoms with Gasteiger partial charge in [0.05, 0.1) is 18.4 Å². The van der Waals surface area contributed by atoms with E-state index in [0.717, 1.165) is 17.3 Å². The number of morpholine rings is 1. The van der Waals surface area contributed by atoms with Crippen LogP contribution >= 0.6 is 0 Å². The van der Waals surface area contributed by atoms with Crippen molar-refractivity contribution >= 4 is 23.4 Å². The third kappa shape index (κ3) is 4.30. The topological polar surface area (TPSA) is 102 Å². The van der Waals surface area contributed by atoms with Gasteiger partial charge in [-0.25, -0.2) is 9.37 Å². The van der Waals surface area contributed by atoms with E-state index in [4.69, 9.17) is 10.5 Å². The van der Waals surface area contributed by atoms with E-state index in [0.29, 0.717) is 36.2 Å². The summed E-state index contributed by atoms with van der Waals surface area (Å²) >= 11 is 0. The standard InChI is InChI=1S/C21H24FN7O/c1-12-4-6-15(7-5-12)16-8-18(27-28-19(16)23)25-20-17(22)9-24-21(26-20)29-10-13(2)30-14(3)11-29/h4-9,13-14H,10-11H2,1-3H3,(H2,23,28)(H,24,25,26,27)/t13-,14+. The van der Waals surface area contributed by atoms with E-state index in [1.54, 1.807) is 6.07 Å². The number of nitrogen functional groups attached to an aromatic ring is 1. The molecule has 2 atom stereocenters. The summed E-state index contributed by atoms with van der Waals surface area (Å²) in [6.45, 7) is 7.25. The fourth-order valence-electron chi connectivity index (χ4n) is 3.49. The van der Waals surface area contributed by atoms with E-state index >= 15 is 0 Å². The fraction of sp³-hybridized carbons (Fsp3) is 0.333. The van der Waals surface area contributed by atoms with Gasteiger partial charge in [0.1, 0.15) is 0 Å². The number of benzene rings is 1. The van der Waals surface area contributed by atoms with Crippen LogP contribution in [0.15, 0.2) is 36.5 Å². The van der Waals surface area contributed by atoms with E-state index < -0.39 is 5.82 Å². The fourth-order valence-corrected chi connectivity index (χ4v) is 3.49. The van der Waals surface area contributed by atoms with Gasteiger partial charge < -0.3 is 20.7 Å². The Labute approximate surface area is 174 Å². The molecule has 1 fully saturated rings. The Balaban J connectivity index is 1.61. The predicted molar refractivity (Wildman–Crippen MR) is 114 cm³/mol. The van der Waals surface area contributed by atoms with E-state index in [2.05, 4.69) is 25.5 Å². The molecule has 0 spiro atoms. The summed E-state index contributed by atoms with van der Waals surface area (Å²) in [7, 11) is 0. The summed E-state index contributed by atoms with van der Waals surface area (Å²) in [5.41, 5.74) is 8.76. The van der Waals surface area contributed by atoms with E-state index in [9.17, 15) is 4.39 Å². The Bertz CT molecular complexity index is 1030. The van der Waals surface area contributed by atoms with Crippen LogP contribution in [0, 0.1) is 12.7 Å². The van der Waals surface area contributed by atoms with Gasteiger partial charge in [-0.2, -0.15) is 4.98 Å². The molecule has 1 aliphatic heterocycles. The van der Waals surface area contributed by atoms with E-state index in [1.807, 2.05) is 49.9 Å². The van der Waals surface area contributed by atoms with Crippen molar-refractivity contribution in [1.82, 2.24) is 20.2 Å². The van der Waals surface area contributed by atoms with Gasteiger partial charge in [-0.15, -0.1) is 10.2 Å². The van der Waals surface area contributed by atoms with Crippen LogP contribution in [-0.4, -0.2) is 45.5 Å². The Morgan fingerprint density at radius 1 is 1.13 bits per heavy atom. The molecular weight excluding hydrogens is 385 g/mol. The number of aryl methyl sites for hydroxylation is 1. The number of rotatable bonds is 4. The van der Waals surface area contributed by atoms with Gasteiger partial charge in [0.2, 0.25) is 5.95 Å². The van der Waals surface area contributed by atoms with Crippen LogP contribution in [-0.2, 0) is 4.74 Å². The molecule has 3 aromatic rings. The highest BCUT2D eigenvalue weighted by Gasteiger charge is 2.25. The van der Waals surface area contributed by atoms with Crippen molar-refractivity contribution in [3.05, 3.63) is 47.9 Å². The van der Waals surface area contributed by atoms with Crippen molar-refractivity contribution in [2.24, 2.45) is 0 Å². The Morgan fingerprint density at radius 3 is 2.53 bits per heavy atom. The zero-order chi connectivity index (χ0) is 21.3. The summed E-state index contributed by atoms with van der Waals surface area (Å²) in [6, 6.07) is 9.62. The van der Waals surface area contributed by atoms with Crippen LogP contribution < -0.4 is 16.0 Å². The Kier molecular flexibility index (Phi) is 5.45. The van der Waals surface area contributed by atoms with Crippen LogP contribution in [0.25, 0.3) is 11.1 Å². The highest BCUT2D eigenvalue weighted by molar-refractivity contribution is 5.76. The molecule has 0 amide bonds. The number of hydrogen-bond donors (Lipinski definition) is 2. The second-order valence-corrected chi connectivity index (χ2v) is 7.55. The van der Waals surface area contributed by atoms with Gasteiger partial charge in [-0.3, -0.25) is 0 Å². The first-order chi connectivity index (χ1) is 14.4. The van der Waals surface area contributed by atoms with Crippen molar-refractivity contribution in [2.45, 2.75) is 33.0 Å². The van der Waals surface area contributed by atoms with Crippen molar-refractivity contribution in [3.8, 4) is 11.1 Å². The number of halogens is 1. The number of nitrogens with two attached hydrogens (primary N) is 1. The maximum absolute atomic E-state index is 14.4. The van der Waals surface area contributed by atoms with Gasteiger partial charge in [0, 0.05) is 18.7 Å². The summed E-state index contributed by atoms with van der Waals surface area (Å²) in [5, 5.41) is 11.0. The monoisotopic (exact) mass is 409 g/mol. The Morgan fingerprint density at radius 2 is 1.83 bits per heavy atom. The average molecular weight is 409 g/mol. The maximum Gasteiger partial charge on any atom is 0.227 e. The highest BCUT2D eigenvalue weighted by Crippen LogP contribution is 2.28. The number of aromatic nitrogens is 4. The van der Waals surface area contributed by atoms with Crippen molar-refractivity contribution in [3.63, 3.8) is 0 Å². The second kappa shape index (κ2) is 8.19. The molecule has 9 heteroatoms. The highest BCUT2D eigenvalue weighted by atomic mass is 19.1. The lowest BCUT2D eigenvalue weighted by molar-refractivity contribution is -0.00572. The molecule has 156 valence electrons. The van der Waals surface area contributed by atoms with Gasteiger partial charge in [-0.1, -0.05) is 29.8 Å². The molecule has 0 radical (unpaired) electrons. The minimum atomic E-state index is -0.580. The molecule has 1 saturated heterocycles. The molecule has 2 aromatic heterocycles. The number of anilines is 4. The number of ether oxygens (including phenoxy) is 1. The molecule has 0 bridgehead atoms. The molecule has 30 heavy (non-hydrogen) atoms. The quantitative estimate of drug-likeness (QED) is 0.677. The number of nitrogens with zero attached hydrogens (tertiary/aromatic N) is 5. The summed E-state index contributed by atoms with van der Waals surface area (Å²) in [4.78, 5) is 10.5. The second-order valence-electron chi connectivity index (χ2n) is 7.55. The lowest BCUT2D eigenvalue weighted by Crippen LogP contribution is -2.46. The van der Waals surface area contributed by atoms with E-state index in [1.165, 1.54) is 0 Å². The number of hydrogen-bond acceptors (Lipinski definition) is 8. The van der Waals surface area contributed by atoms with Crippen LogP contribution in [0.4, 0.5) is 27.8 Å². The SMILES string of the molecule is Cc1ccc(-c2cc(Nc3nc(N4C[C@@H](C)O[C@@H](C)C4)ncc3F)nnc2N)cc1.